The molecule has 0 fully saturated rings. The van der Waals surface area contributed by atoms with Crippen LogP contribution in [-0.4, -0.2) is 9.55 Å². The highest BCUT2D eigenvalue weighted by Gasteiger charge is 2.06. The molecule has 1 aromatic heterocycles. The van der Waals surface area contributed by atoms with Crippen molar-refractivity contribution in [2.24, 2.45) is 0 Å². The van der Waals surface area contributed by atoms with Gasteiger partial charge in [-0.2, -0.15) is 0 Å². The van der Waals surface area contributed by atoms with E-state index in [0.29, 0.717) is 6.61 Å². The average molecular weight is 313 g/mol. The van der Waals surface area contributed by atoms with Gasteiger partial charge in [-0.3, -0.25) is 0 Å². The quantitative estimate of drug-likeness (QED) is 0.840. The number of hydrogen-bond donors (Lipinski definition) is 0. The van der Waals surface area contributed by atoms with E-state index in [1.165, 1.54) is 6.07 Å². The zero-order valence-electron chi connectivity index (χ0n) is 10.1. The summed E-state index contributed by atoms with van der Waals surface area (Å²) in [6, 6.07) is 4.64. The van der Waals surface area contributed by atoms with Gasteiger partial charge in [0.1, 0.15) is 6.61 Å². The third-order valence-corrected chi connectivity index (χ3v) is 3.03. The van der Waals surface area contributed by atoms with Crippen molar-refractivity contribution in [1.29, 1.82) is 0 Å². The second kappa shape index (κ2) is 6.00. The van der Waals surface area contributed by atoms with Gasteiger partial charge in [0.25, 0.3) is 0 Å². The molecule has 5 heteroatoms. The van der Waals surface area contributed by atoms with Crippen molar-refractivity contribution in [1.82, 2.24) is 9.55 Å². The highest BCUT2D eigenvalue weighted by molar-refractivity contribution is 9.10. The second-order valence-electron chi connectivity index (χ2n) is 3.94. The van der Waals surface area contributed by atoms with Crippen LogP contribution in [0.4, 0.5) is 4.39 Å². The molecule has 0 amide bonds. The highest BCUT2D eigenvalue weighted by atomic mass is 79.9. The fourth-order valence-electron chi connectivity index (χ4n) is 1.65. The summed E-state index contributed by atoms with van der Waals surface area (Å²) in [5.41, 5.74) is 0.941. The average Bonchev–Trinajstić information content (AvgIpc) is 2.78. The lowest BCUT2D eigenvalue weighted by atomic mass is 10.3. The molecule has 0 saturated carbocycles. The Morgan fingerprint density at radius 1 is 1.44 bits per heavy atom. The fraction of sp³-hybridized carbons (Fsp3) is 0.308. The summed E-state index contributed by atoms with van der Waals surface area (Å²) in [7, 11) is 0. The van der Waals surface area contributed by atoms with Crippen LogP contribution in [-0.2, 0) is 13.2 Å². The molecule has 0 saturated heterocycles. The number of aryl methyl sites for hydroxylation is 1. The highest BCUT2D eigenvalue weighted by Crippen LogP contribution is 2.23. The molecule has 1 heterocycles. The molecule has 3 nitrogen and oxygen atoms in total. The summed E-state index contributed by atoms with van der Waals surface area (Å²) in [5, 5.41) is 0. The van der Waals surface area contributed by atoms with Gasteiger partial charge in [-0.05, 0) is 24.6 Å². The summed E-state index contributed by atoms with van der Waals surface area (Å²) in [6.45, 7) is 3.30. The van der Waals surface area contributed by atoms with E-state index in [1.807, 2.05) is 4.57 Å². The van der Waals surface area contributed by atoms with Gasteiger partial charge < -0.3 is 9.30 Å². The Bertz CT molecular complexity index is 527. The molecule has 0 radical (unpaired) electrons. The van der Waals surface area contributed by atoms with Crippen molar-refractivity contribution < 1.29 is 9.13 Å². The smallest absolute Gasteiger partial charge is 0.165 e. The van der Waals surface area contributed by atoms with E-state index >= 15 is 0 Å². The molecule has 1 aromatic carbocycles. The molecule has 0 spiro atoms. The molecule has 0 aliphatic carbocycles. The molecular weight excluding hydrogens is 299 g/mol. The van der Waals surface area contributed by atoms with Gasteiger partial charge in [-0.15, -0.1) is 0 Å². The summed E-state index contributed by atoms with van der Waals surface area (Å²) < 4.78 is 21.8. The van der Waals surface area contributed by atoms with Gasteiger partial charge in [0, 0.05) is 11.0 Å². The van der Waals surface area contributed by atoms with Crippen molar-refractivity contribution in [3.63, 3.8) is 0 Å². The molecule has 0 atom stereocenters. The maximum Gasteiger partial charge on any atom is 0.165 e. The number of halogens is 2. The van der Waals surface area contributed by atoms with Crippen LogP contribution in [0.25, 0.3) is 0 Å². The van der Waals surface area contributed by atoms with Crippen molar-refractivity contribution >= 4 is 15.9 Å². The van der Waals surface area contributed by atoms with Crippen LogP contribution in [0.3, 0.4) is 0 Å². The third-order valence-electron chi connectivity index (χ3n) is 2.53. The van der Waals surface area contributed by atoms with E-state index < -0.39 is 0 Å². The molecule has 0 unspecified atom stereocenters. The number of rotatable bonds is 5. The van der Waals surface area contributed by atoms with E-state index in [4.69, 9.17) is 4.74 Å². The van der Waals surface area contributed by atoms with E-state index in [1.54, 1.807) is 24.7 Å². The van der Waals surface area contributed by atoms with Gasteiger partial charge in [-0.1, -0.05) is 22.9 Å². The van der Waals surface area contributed by atoms with E-state index in [-0.39, 0.29) is 11.6 Å². The predicted molar refractivity (Wildman–Crippen MR) is 71.0 cm³/mol. The Balaban J connectivity index is 2.06. The number of nitrogens with zero attached hydrogens (tertiary/aromatic N) is 2. The van der Waals surface area contributed by atoms with Crippen LogP contribution in [0.1, 0.15) is 19.0 Å². The minimum atomic E-state index is -0.361. The summed E-state index contributed by atoms with van der Waals surface area (Å²) in [4.78, 5) is 4.07. The third kappa shape index (κ3) is 3.10. The largest absolute Gasteiger partial charge is 0.484 e. The van der Waals surface area contributed by atoms with Gasteiger partial charge in [0.05, 0.1) is 18.2 Å². The Hall–Kier alpha value is -1.36. The minimum absolute atomic E-state index is 0.244. The molecule has 0 bridgehead atoms. The minimum Gasteiger partial charge on any atom is -0.484 e. The van der Waals surface area contributed by atoms with Crippen LogP contribution in [0.15, 0.2) is 35.2 Å². The molecule has 96 valence electrons. The zero-order chi connectivity index (χ0) is 13.0. The van der Waals surface area contributed by atoms with Gasteiger partial charge >= 0.3 is 0 Å². The van der Waals surface area contributed by atoms with Gasteiger partial charge in [0.15, 0.2) is 11.6 Å². The molecule has 2 rings (SSSR count). The summed E-state index contributed by atoms with van der Waals surface area (Å²) >= 11 is 3.29. The van der Waals surface area contributed by atoms with Crippen molar-refractivity contribution in [2.45, 2.75) is 26.5 Å². The standard InChI is InChI=1S/C13H14BrFN2O/c1-2-5-17-9-16-7-11(17)8-18-13-6-10(14)3-4-12(13)15/h3-4,6-7,9H,2,5,8H2,1H3. The lowest BCUT2D eigenvalue weighted by Crippen LogP contribution is -2.05. The number of benzene rings is 1. The Kier molecular flexibility index (Phi) is 4.36. The summed E-state index contributed by atoms with van der Waals surface area (Å²) in [5.74, 6) is -0.117. The van der Waals surface area contributed by atoms with Crippen molar-refractivity contribution in [3.8, 4) is 5.75 Å². The van der Waals surface area contributed by atoms with Crippen molar-refractivity contribution in [2.75, 3.05) is 0 Å². The monoisotopic (exact) mass is 312 g/mol. The molecular formula is C13H14BrFN2O. The van der Waals surface area contributed by atoms with Crippen LogP contribution in [0, 0.1) is 5.82 Å². The first kappa shape index (κ1) is 13.1. The molecule has 2 aromatic rings. The second-order valence-corrected chi connectivity index (χ2v) is 4.86. The predicted octanol–water partition coefficient (Wildman–Crippen LogP) is 3.77. The number of hydrogen-bond acceptors (Lipinski definition) is 2. The van der Waals surface area contributed by atoms with Gasteiger partial charge in [0.2, 0.25) is 0 Å². The number of ether oxygens (including phenoxy) is 1. The maximum atomic E-state index is 13.5. The van der Waals surface area contributed by atoms with E-state index in [2.05, 4.69) is 27.8 Å². The number of imidazole rings is 1. The summed E-state index contributed by atoms with van der Waals surface area (Å²) in [6.07, 6.45) is 4.53. The fourth-order valence-corrected chi connectivity index (χ4v) is 1.99. The van der Waals surface area contributed by atoms with E-state index in [0.717, 1.165) is 23.1 Å². The lowest BCUT2D eigenvalue weighted by molar-refractivity contribution is 0.280. The number of aromatic nitrogens is 2. The van der Waals surface area contributed by atoms with Crippen LogP contribution >= 0.6 is 15.9 Å². The molecule has 0 aliphatic heterocycles. The van der Waals surface area contributed by atoms with Crippen LogP contribution in [0.2, 0.25) is 0 Å². The first-order chi connectivity index (χ1) is 8.70. The lowest BCUT2D eigenvalue weighted by Gasteiger charge is -2.09. The van der Waals surface area contributed by atoms with Crippen molar-refractivity contribution in [3.05, 3.63) is 46.7 Å². The zero-order valence-corrected chi connectivity index (χ0v) is 11.7. The Morgan fingerprint density at radius 2 is 2.28 bits per heavy atom. The first-order valence-electron chi connectivity index (χ1n) is 5.77. The normalized spacial score (nSPS) is 10.6. The Morgan fingerprint density at radius 3 is 3.06 bits per heavy atom. The molecule has 18 heavy (non-hydrogen) atoms. The topological polar surface area (TPSA) is 27.1 Å². The maximum absolute atomic E-state index is 13.5. The first-order valence-corrected chi connectivity index (χ1v) is 6.57. The molecule has 0 aliphatic rings. The molecule has 0 N–H and O–H groups in total. The van der Waals surface area contributed by atoms with Gasteiger partial charge in [-0.25, -0.2) is 9.37 Å². The Labute approximate surface area is 114 Å². The van der Waals surface area contributed by atoms with E-state index in [9.17, 15) is 4.39 Å². The van der Waals surface area contributed by atoms with Crippen LogP contribution in [0.5, 0.6) is 5.75 Å². The van der Waals surface area contributed by atoms with Crippen LogP contribution < -0.4 is 4.74 Å². The SMILES string of the molecule is CCCn1cncc1COc1cc(Br)ccc1F.